The van der Waals surface area contributed by atoms with Gasteiger partial charge in [-0.1, -0.05) is 0 Å². The highest BCUT2D eigenvalue weighted by atomic mass is 16.6. The number of likely N-dealkylation sites (tertiary alicyclic amines) is 1. The number of rotatable bonds is 9. The van der Waals surface area contributed by atoms with Crippen LogP contribution in [0.1, 0.15) is 43.3 Å². The molecule has 2 aliphatic heterocycles. The molecule has 2 fully saturated rings. The molecule has 3 aromatic rings. The maximum atomic E-state index is 12.5. The molecule has 0 spiro atoms. The number of nitrogen functional groups attached to an aromatic ring is 1. The van der Waals surface area contributed by atoms with Crippen LogP contribution in [0.25, 0.3) is 11.2 Å². The first-order valence-electron chi connectivity index (χ1n) is 13.5. The zero-order valence-corrected chi connectivity index (χ0v) is 22.3. The van der Waals surface area contributed by atoms with Gasteiger partial charge >= 0.3 is 6.09 Å². The molecule has 15 nitrogen and oxygen atoms in total. The van der Waals surface area contributed by atoms with Crippen molar-refractivity contribution in [3.63, 3.8) is 0 Å². The molecular weight excluding hydrogens is 538 g/mol. The van der Waals surface area contributed by atoms with Crippen molar-refractivity contribution in [2.75, 3.05) is 25.4 Å². The Morgan fingerprint density at radius 1 is 1.17 bits per heavy atom. The first kappa shape index (κ1) is 28.6. The molecule has 0 aliphatic carbocycles. The molecule has 4 heterocycles. The van der Waals surface area contributed by atoms with Crippen molar-refractivity contribution in [3.05, 3.63) is 52.1 Å². The van der Waals surface area contributed by atoms with Crippen LogP contribution in [-0.4, -0.2) is 88.8 Å². The van der Waals surface area contributed by atoms with Crippen molar-refractivity contribution in [1.82, 2.24) is 24.4 Å². The maximum Gasteiger partial charge on any atom is 0.410 e. The smallest absolute Gasteiger partial charge is 0.410 e. The Labute approximate surface area is 234 Å². The summed E-state index contributed by atoms with van der Waals surface area (Å²) < 4.78 is 12.5. The standard InChI is InChI=1S/C26H33N7O8/c27-23-20-24(32(14-28-20)25-22(36)21(35)18(12-34)41-25)30-19(29-23)3-1-2-15-8-10-31(11-9-15)26(37)40-13-16-4-6-17(7-5-16)33(38)39/h4-7,14-15,18,21-22,25,34-36H,1-3,8-13H2,(H2,27,29,30)/t18-,21-,22-,25-/m1/s1. The van der Waals surface area contributed by atoms with Crippen molar-refractivity contribution in [2.24, 2.45) is 5.92 Å². The molecule has 15 heteroatoms. The number of imidazole rings is 1. The number of carbonyl (C=O) groups excluding carboxylic acids is 1. The second-order valence-electron chi connectivity index (χ2n) is 10.4. The Balaban J connectivity index is 1.10. The molecule has 4 atom stereocenters. The number of nitrogens with zero attached hydrogens (tertiary/aromatic N) is 6. The number of aryl methyl sites for hydroxylation is 1. The molecule has 41 heavy (non-hydrogen) atoms. The minimum absolute atomic E-state index is 0.0134. The van der Waals surface area contributed by atoms with Gasteiger partial charge in [0.2, 0.25) is 0 Å². The summed E-state index contributed by atoms with van der Waals surface area (Å²) in [5.74, 6) is 1.16. The van der Waals surface area contributed by atoms with Crippen LogP contribution in [0.5, 0.6) is 0 Å². The third-order valence-electron chi connectivity index (χ3n) is 7.68. The Morgan fingerprint density at radius 3 is 2.56 bits per heavy atom. The van der Waals surface area contributed by atoms with Crippen molar-refractivity contribution in [3.8, 4) is 0 Å². The number of anilines is 1. The minimum atomic E-state index is -1.27. The quantitative estimate of drug-likeness (QED) is 0.211. The molecule has 5 rings (SSSR count). The predicted octanol–water partition coefficient (Wildman–Crippen LogP) is 1.30. The molecule has 0 unspecified atom stereocenters. The molecule has 2 saturated heterocycles. The number of aromatic nitrogens is 4. The number of aliphatic hydroxyl groups is 3. The lowest BCUT2D eigenvalue weighted by atomic mass is 9.91. The lowest BCUT2D eigenvalue weighted by Gasteiger charge is -2.31. The number of hydrogen-bond donors (Lipinski definition) is 4. The normalized spacial score (nSPS) is 23.2. The first-order chi connectivity index (χ1) is 19.7. The van der Waals surface area contributed by atoms with Gasteiger partial charge in [0.05, 0.1) is 17.9 Å². The summed E-state index contributed by atoms with van der Waals surface area (Å²) in [6.45, 7) is 0.787. The summed E-state index contributed by atoms with van der Waals surface area (Å²) in [7, 11) is 0. The van der Waals surface area contributed by atoms with Crippen molar-refractivity contribution in [1.29, 1.82) is 0 Å². The van der Waals surface area contributed by atoms with E-state index in [1.54, 1.807) is 17.0 Å². The largest absolute Gasteiger partial charge is 0.445 e. The van der Waals surface area contributed by atoms with E-state index in [9.17, 15) is 30.2 Å². The number of carbonyl (C=O) groups is 1. The van der Waals surface area contributed by atoms with Crippen molar-refractivity contribution < 1.29 is 34.5 Å². The van der Waals surface area contributed by atoms with Gasteiger partial charge in [-0.25, -0.2) is 19.7 Å². The second kappa shape index (κ2) is 12.3. The highest BCUT2D eigenvalue weighted by Crippen LogP contribution is 2.32. The van der Waals surface area contributed by atoms with E-state index in [0.717, 1.165) is 25.7 Å². The van der Waals surface area contributed by atoms with Crippen molar-refractivity contribution >= 4 is 28.8 Å². The first-order valence-corrected chi connectivity index (χ1v) is 13.5. The van der Waals surface area contributed by atoms with Gasteiger partial charge in [-0.2, -0.15) is 0 Å². The molecule has 220 valence electrons. The van der Waals surface area contributed by atoms with Gasteiger partial charge in [-0.15, -0.1) is 0 Å². The monoisotopic (exact) mass is 571 g/mol. The molecule has 0 radical (unpaired) electrons. The summed E-state index contributed by atoms with van der Waals surface area (Å²) in [6.07, 6.45) is 0.588. The van der Waals surface area contributed by atoms with Crippen LogP contribution < -0.4 is 5.73 Å². The molecule has 1 amide bonds. The van der Waals surface area contributed by atoms with Gasteiger partial charge < -0.3 is 35.4 Å². The fraction of sp³-hybridized carbons (Fsp3) is 0.538. The number of hydrogen-bond acceptors (Lipinski definition) is 12. The van der Waals surface area contributed by atoms with Crippen LogP contribution in [0.3, 0.4) is 0 Å². The number of benzene rings is 1. The molecule has 0 bridgehead atoms. The Kier molecular flexibility index (Phi) is 8.58. The topological polar surface area (TPSA) is 212 Å². The average Bonchev–Trinajstić information content (AvgIpc) is 3.52. The van der Waals surface area contributed by atoms with Crippen LogP contribution in [0, 0.1) is 16.0 Å². The van der Waals surface area contributed by atoms with E-state index in [0.29, 0.717) is 48.0 Å². The van der Waals surface area contributed by atoms with Crippen LogP contribution >= 0.6 is 0 Å². The van der Waals surface area contributed by atoms with Gasteiger partial charge in [0.15, 0.2) is 17.7 Å². The van der Waals surface area contributed by atoms with E-state index >= 15 is 0 Å². The highest BCUT2D eigenvalue weighted by Gasteiger charge is 2.44. The third-order valence-corrected chi connectivity index (χ3v) is 7.68. The Hall–Kier alpha value is -3.92. The maximum absolute atomic E-state index is 12.5. The van der Waals surface area contributed by atoms with Gasteiger partial charge in [0, 0.05) is 31.6 Å². The highest BCUT2D eigenvalue weighted by molar-refractivity contribution is 5.81. The van der Waals surface area contributed by atoms with Crippen LogP contribution in [0.15, 0.2) is 30.6 Å². The SMILES string of the molecule is Nc1nc(CCCC2CCN(C(=O)OCc3ccc([N+](=O)[O-])cc3)CC2)nc2c1ncn2[C@@H]1O[C@H](CO)[C@@H](O)[C@H]1O. The summed E-state index contributed by atoms with van der Waals surface area (Å²) in [5.41, 5.74) is 7.53. The molecule has 0 saturated carbocycles. The van der Waals surface area contributed by atoms with E-state index in [-0.39, 0.29) is 18.1 Å². The van der Waals surface area contributed by atoms with Gasteiger partial charge in [0.25, 0.3) is 5.69 Å². The van der Waals surface area contributed by atoms with Crippen LogP contribution in [-0.2, 0) is 22.5 Å². The zero-order valence-electron chi connectivity index (χ0n) is 22.3. The number of amides is 1. The zero-order chi connectivity index (χ0) is 29.1. The van der Waals surface area contributed by atoms with E-state index in [2.05, 4.69) is 15.0 Å². The van der Waals surface area contributed by atoms with Gasteiger partial charge in [-0.05, 0) is 49.3 Å². The summed E-state index contributed by atoms with van der Waals surface area (Å²) in [6, 6.07) is 5.91. The fourth-order valence-corrected chi connectivity index (χ4v) is 5.30. The number of fused-ring (bicyclic) bond motifs is 1. The van der Waals surface area contributed by atoms with Gasteiger partial charge in [0.1, 0.15) is 36.3 Å². The number of piperidine rings is 1. The number of nitro benzene ring substituents is 1. The van der Waals surface area contributed by atoms with E-state index < -0.39 is 42.2 Å². The molecule has 1 aromatic carbocycles. The lowest BCUT2D eigenvalue weighted by molar-refractivity contribution is -0.384. The average molecular weight is 572 g/mol. The number of ether oxygens (including phenoxy) is 2. The number of non-ortho nitro benzene ring substituents is 1. The van der Waals surface area contributed by atoms with Crippen molar-refractivity contribution in [2.45, 2.75) is 63.3 Å². The molecule has 5 N–H and O–H groups in total. The molecular formula is C26H33N7O8. The van der Waals surface area contributed by atoms with Crippen LogP contribution in [0.2, 0.25) is 0 Å². The van der Waals surface area contributed by atoms with E-state index in [4.69, 9.17) is 15.2 Å². The fourth-order valence-electron chi connectivity index (χ4n) is 5.30. The lowest BCUT2D eigenvalue weighted by Crippen LogP contribution is -2.38. The number of aliphatic hydroxyl groups excluding tert-OH is 3. The Morgan fingerprint density at radius 2 is 1.90 bits per heavy atom. The summed E-state index contributed by atoms with van der Waals surface area (Å²) in [5, 5.41) is 40.7. The summed E-state index contributed by atoms with van der Waals surface area (Å²) in [4.78, 5) is 37.7. The number of nitrogens with two attached hydrogens (primary N) is 1. The van der Waals surface area contributed by atoms with E-state index in [1.165, 1.54) is 23.0 Å². The van der Waals surface area contributed by atoms with Crippen LogP contribution in [0.4, 0.5) is 16.3 Å². The summed E-state index contributed by atoms with van der Waals surface area (Å²) >= 11 is 0. The molecule has 2 aliphatic rings. The molecule has 2 aromatic heterocycles. The van der Waals surface area contributed by atoms with E-state index in [1.807, 2.05) is 0 Å². The van der Waals surface area contributed by atoms with Gasteiger partial charge in [-0.3, -0.25) is 14.7 Å². The third kappa shape index (κ3) is 6.22. The predicted molar refractivity (Wildman–Crippen MR) is 143 cm³/mol. The number of nitro groups is 1. The second-order valence-corrected chi connectivity index (χ2v) is 10.4. The minimum Gasteiger partial charge on any atom is -0.445 e. The Bertz CT molecular complexity index is 1380.